The summed E-state index contributed by atoms with van der Waals surface area (Å²) in [5.74, 6) is 1.65. The number of aliphatic hydroxyl groups excluding tert-OH is 1. The van der Waals surface area contributed by atoms with E-state index >= 15 is 0 Å². The van der Waals surface area contributed by atoms with E-state index in [0.29, 0.717) is 11.6 Å². The number of halogens is 2. The molecular formula is C15H17BrClNO2. The van der Waals surface area contributed by atoms with E-state index in [1.165, 1.54) is 0 Å². The molecule has 20 heavy (non-hydrogen) atoms. The Kier molecular flexibility index (Phi) is 6.10. The molecule has 0 aliphatic heterocycles. The van der Waals surface area contributed by atoms with Crippen molar-refractivity contribution in [2.45, 2.75) is 19.4 Å². The maximum atomic E-state index is 8.70. The Bertz CT molecular complexity index is 557. The van der Waals surface area contributed by atoms with Gasteiger partial charge in [0.15, 0.2) is 0 Å². The molecule has 0 spiro atoms. The lowest BCUT2D eigenvalue weighted by atomic mass is 10.2. The highest BCUT2D eigenvalue weighted by Gasteiger charge is 2.08. The number of rotatable bonds is 7. The van der Waals surface area contributed by atoms with Gasteiger partial charge in [-0.2, -0.15) is 0 Å². The van der Waals surface area contributed by atoms with Crippen LogP contribution in [0.3, 0.4) is 0 Å². The molecule has 3 nitrogen and oxygen atoms in total. The summed E-state index contributed by atoms with van der Waals surface area (Å²) in [6, 6.07) is 9.61. The maximum Gasteiger partial charge on any atom is 0.135 e. The summed E-state index contributed by atoms with van der Waals surface area (Å²) in [5.41, 5.74) is 0.890. The molecule has 0 saturated heterocycles. The summed E-state index contributed by atoms with van der Waals surface area (Å²) in [4.78, 5) is 0. The highest BCUT2D eigenvalue weighted by Crippen LogP contribution is 2.31. The number of hydrogen-bond acceptors (Lipinski definition) is 3. The van der Waals surface area contributed by atoms with E-state index in [1.54, 1.807) is 0 Å². The second-order valence-corrected chi connectivity index (χ2v) is 5.82. The van der Waals surface area contributed by atoms with Gasteiger partial charge >= 0.3 is 0 Å². The molecule has 0 bridgehead atoms. The van der Waals surface area contributed by atoms with Crippen molar-refractivity contribution in [2.24, 2.45) is 0 Å². The van der Waals surface area contributed by atoms with Crippen molar-refractivity contribution in [3.8, 4) is 11.3 Å². The van der Waals surface area contributed by atoms with Gasteiger partial charge in [0.05, 0.1) is 11.6 Å². The number of aliphatic hydroxyl groups is 1. The lowest BCUT2D eigenvalue weighted by Gasteiger charge is -2.03. The van der Waals surface area contributed by atoms with Gasteiger partial charge in [-0.15, -0.1) is 0 Å². The molecule has 0 aliphatic rings. The zero-order valence-corrected chi connectivity index (χ0v) is 13.4. The van der Waals surface area contributed by atoms with Gasteiger partial charge in [0.25, 0.3) is 0 Å². The van der Waals surface area contributed by atoms with E-state index in [1.807, 2.05) is 30.3 Å². The molecule has 0 saturated carbocycles. The van der Waals surface area contributed by atoms with Gasteiger partial charge in [-0.25, -0.2) is 0 Å². The average Bonchev–Trinajstić information content (AvgIpc) is 2.87. The molecule has 0 amide bonds. The SMILES string of the molecule is OCCCCNCc1ccc(-c2ccc(Br)cc2Cl)o1. The fourth-order valence-electron chi connectivity index (χ4n) is 1.88. The van der Waals surface area contributed by atoms with Gasteiger partial charge in [0.2, 0.25) is 0 Å². The van der Waals surface area contributed by atoms with Crippen LogP contribution in [0.4, 0.5) is 0 Å². The van der Waals surface area contributed by atoms with Crippen LogP contribution in [0.25, 0.3) is 11.3 Å². The Balaban J connectivity index is 1.95. The van der Waals surface area contributed by atoms with Crippen molar-refractivity contribution in [3.63, 3.8) is 0 Å². The number of furan rings is 1. The smallest absolute Gasteiger partial charge is 0.135 e. The van der Waals surface area contributed by atoms with E-state index in [-0.39, 0.29) is 6.61 Å². The summed E-state index contributed by atoms with van der Waals surface area (Å²) in [7, 11) is 0. The van der Waals surface area contributed by atoms with E-state index in [0.717, 1.165) is 40.9 Å². The van der Waals surface area contributed by atoms with Gasteiger partial charge in [0.1, 0.15) is 11.5 Å². The van der Waals surface area contributed by atoms with E-state index < -0.39 is 0 Å². The fraction of sp³-hybridized carbons (Fsp3) is 0.333. The van der Waals surface area contributed by atoms with Gasteiger partial charge in [-0.3, -0.25) is 0 Å². The van der Waals surface area contributed by atoms with Crippen molar-refractivity contribution in [1.29, 1.82) is 0 Å². The average molecular weight is 359 g/mol. The molecule has 2 N–H and O–H groups in total. The Morgan fingerprint density at radius 1 is 1.20 bits per heavy atom. The predicted molar refractivity (Wildman–Crippen MR) is 84.9 cm³/mol. The van der Waals surface area contributed by atoms with Crippen molar-refractivity contribution in [1.82, 2.24) is 5.32 Å². The topological polar surface area (TPSA) is 45.4 Å². The van der Waals surface area contributed by atoms with Gasteiger partial charge in [-0.1, -0.05) is 27.5 Å². The number of unbranched alkanes of at least 4 members (excludes halogenated alkanes) is 1. The monoisotopic (exact) mass is 357 g/mol. The summed E-state index contributed by atoms with van der Waals surface area (Å²) in [5, 5.41) is 12.6. The third-order valence-corrected chi connectivity index (χ3v) is 3.73. The van der Waals surface area contributed by atoms with Crippen LogP contribution in [0.1, 0.15) is 18.6 Å². The van der Waals surface area contributed by atoms with Gasteiger partial charge in [0, 0.05) is 16.6 Å². The minimum absolute atomic E-state index is 0.245. The van der Waals surface area contributed by atoms with Crippen LogP contribution in [0, 0.1) is 0 Å². The molecule has 2 rings (SSSR count). The van der Waals surface area contributed by atoms with Crippen LogP contribution in [0.5, 0.6) is 0 Å². The van der Waals surface area contributed by atoms with Crippen LogP contribution in [-0.4, -0.2) is 18.3 Å². The minimum Gasteiger partial charge on any atom is -0.460 e. The zero-order valence-electron chi connectivity index (χ0n) is 11.0. The van der Waals surface area contributed by atoms with Crippen molar-refractivity contribution < 1.29 is 9.52 Å². The van der Waals surface area contributed by atoms with Crippen molar-refractivity contribution >= 4 is 27.5 Å². The largest absolute Gasteiger partial charge is 0.460 e. The lowest BCUT2D eigenvalue weighted by Crippen LogP contribution is -2.14. The molecule has 0 aliphatic carbocycles. The predicted octanol–water partition coefficient (Wildman–Crippen LogP) is 4.22. The summed E-state index contributed by atoms with van der Waals surface area (Å²) in [6.07, 6.45) is 1.79. The highest BCUT2D eigenvalue weighted by molar-refractivity contribution is 9.10. The Morgan fingerprint density at radius 2 is 2.05 bits per heavy atom. The second kappa shape index (κ2) is 7.84. The maximum absolute atomic E-state index is 8.70. The van der Waals surface area contributed by atoms with Crippen LogP contribution in [0.15, 0.2) is 39.2 Å². The fourth-order valence-corrected chi connectivity index (χ4v) is 2.65. The first-order valence-electron chi connectivity index (χ1n) is 6.56. The third-order valence-electron chi connectivity index (χ3n) is 2.92. The van der Waals surface area contributed by atoms with E-state index in [9.17, 15) is 0 Å². The normalized spacial score (nSPS) is 10.9. The first-order chi connectivity index (χ1) is 9.70. The lowest BCUT2D eigenvalue weighted by molar-refractivity contribution is 0.283. The number of benzene rings is 1. The van der Waals surface area contributed by atoms with Crippen LogP contribution < -0.4 is 5.32 Å². The molecule has 2 aromatic rings. The van der Waals surface area contributed by atoms with Crippen molar-refractivity contribution in [2.75, 3.05) is 13.2 Å². The molecule has 1 heterocycles. The minimum atomic E-state index is 0.245. The van der Waals surface area contributed by atoms with E-state index in [2.05, 4.69) is 21.2 Å². The molecule has 108 valence electrons. The third kappa shape index (κ3) is 4.35. The molecule has 0 radical (unpaired) electrons. The van der Waals surface area contributed by atoms with Gasteiger partial charge in [-0.05, 0) is 49.7 Å². The standard InChI is InChI=1S/C15H17BrClNO2/c16-11-3-5-13(14(17)9-11)15-6-4-12(20-15)10-18-7-1-2-8-19/h3-6,9,18-19H,1-2,7-8,10H2. The molecule has 0 fully saturated rings. The Labute approximate surface area is 132 Å². The van der Waals surface area contributed by atoms with Crippen LogP contribution in [0.2, 0.25) is 5.02 Å². The molecule has 1 aromatic carbocycles. The van der Waals surface area contributed by atoms with Gasteiger partial charge < -0.3 is 14.8 Å². The quantitative estimate of drug-likeness (QED) is 0.728. The number of nitrogens with one attached hydrogen (secondary N) is 1. The first-order valence-corrected chi connectivity index (χ1v) is 7.73. The first kappa shape index (κ1) is 15.6. The van der Waals surface area contributed by atoms with Crippen LogP contribution in [-0.2, 0) is 6.54 Å². The van der Waals surface area contributed by atoms with Crippen molar-refractivity contribution in [3.05, 3.63) is 45.6 Å². The Hall–Kier alpha value is -0.810. The molecule has 0 atom stereocenters. The molecule has 1 aromatic heterocycles. The van der Waals surface area contributed by atoms with E-state index in [4.69, 9.17) is 21.1 Å². The molecular weight excluding hydrogens is 342 g/mol. The zero-order chi connectivity index (χ0) is 14.4. The molecule has 5 heteroatoms. The second-order valence-electron chi connectivity index (χ2n) is 4.50. The summed E-state index contributed by atoms with van der Waals surface area (Å²) < 4.78 is 6.73. The summed E-state index contributed by atoms with van der Waals surface area (Å²) in [6.45, 7) is 1.80. The highest BCUT2D eigenvalue weighted by atomic mass is 79.9. The Morgan fingerprint density at radius 3 is 2.80 bits per heavy atom. The van der Waals surface area contributed by atoms with Crippen LogP contribution >= 0.6 is 27.5 Å². The number of hydrogen-bond donors (Lipinski definition) is 2. The summed E-state index contributed by atoms with van der Waals surface area (Å²) >= 11 is 9.59. The molecule has 0 unspecified atom stereocenters.